The number of anilines is 1. The Kier molecular flexibility index (Phi) is 6.26. The lowest BCUT2D eigenvalue weighted by molar-refractivity contribution is -0.153. The van der Waals surface area contributed by atoms with Gasteiger partial charge in [0.15, 0.2) is 6.61 Å². The number of nitrogens with zero attached hydrogens (tertiary/aromatic N) is 1. The minimum Gasteiger partial charge on any atom is -0.482 e. The lowest BCUT2D eigenvalue weighted by Gasteiger charge is -2.14. The summed E-state index contributed by atoms with van der Waals surface area (Å²) < 4.78 is 41.6. The number of carbonyl (C=O) groups is 1. The van der Waals surface area contributed by atoms with E-state index >= 15 is 0 Å². The number of nitrogens with one attached hydrogen (secondary N) is 1. The van der Waals surface area contributed by atoms with E-state index < -0.39 is 18.7 Å². The Morgan fingerprint density at radius 3 is 2.36 bits per heavy atom. The molecule has 0 atom stereocenters. The van der Waals surface area contributed by atoms with Gasteiger partial charge in [0, 0.05) is 0 Å². The lowest BCUT2D eigenvalue weighted by atomic mass is 10.2. The Morgan fingerprint density at radius 1 is 1.08 bits per heavy atom. The fraction of sp³-hybridized carbons (Fsp3) is 0.143. The van der Waals surface area contributed by atoms with Crippen LogP contribution in [0.1, 0.15) is 10.5 Å². The molecular weight excluding hydrogens is 427 g/mol. The minimum atomic E-state index is -4.53. The number of alkyl halides is 3. The van der Waals surface area contributed by atoms with E-state index in [2.05, 4.69) is 15.0 Å². The first-order valence-electron chi connectivity index (χ1n) is 6.40. The van der Waals surface area contributed by atoms with Gasteiger partial charge in [-0.3, -0.25) is 4.79 Å². The largest absolute Gasteiger partial charge is 0.482 e. The highest BCUT2D eigenvalue weighted by atomic mass is 35.5. The smallest absolute Gasteiger partial charge is 0.422 e. The molecule has 0 aliphatic carbocycles. The summed E-state index contributed by atoms with van der Waals surface area (Å²) in [5.41, 5.74) is -0.358. The molecule has 1 N–H and O–H groups in total. The SMILES string of the molecule is O=C(Nc1ccccc1OCC(F)(F)F)c1nc(Cl)c(Cl)c(Cl)c1Cl. The summed E-state index contributed by atoms with van der Waals surface area (Å²) in [6, 6.07) is 5.55. The number of para-hydroxylation sites is 2. The average molecular weight is 434 g/mol. The van der Waals surface area contributed by atoms with Crippen molar-refractivity contribution >= 4 is 58.0 Å². The van der Waals surface area contributed by atoms with Crippen molar-refractivity contribution in [2.75, 3.05) is 11.9 Å². The normalized spacial score (nSPS) is 11.3. The molecule has 4 nitrogen and oxygen atoms in total. The van der Waals surface area contributed by atoms with E-state index in [9.17, 15) is 18.0 Å². The first-order chi connectivity index (χ1) is 11.6. The van der Waals surface area contributed by atoms with Crippen LogP contribution in [0.4, 0.5) is 18.9 Å². The fourth-order valence-corrected chi connectivity index (χ4v) is 2.49. The molecule has 0 fully saturated rings. The molecule has 0 saturated carbocycles. The highest BCUT2D eigenvalue weighted by Gasteiger charge is 2.29. The van der Waals surface area contributed by atoms with E-state index in [0.29, 0.717) is 0 Å². The molecule has 2 aromatic rings. The molecule has 1 aromatic heterocycles. The van der Waals surface area contributed by atoms with Crippen molar-refractivity contribution in [2.24, 2.45) is 0 Å². The van der Waals surface area contributed by atoms with Crippen molar-refractivity contribution in [2.45, 2.75) is 6.18 Å². The van der Waals surface area contributed by atoms with Crippen molar-refractivity contribution in [3.63, 3.8) is 0 Å². The van der Waals surface area contributed by atoms with Crippen LogP contribution in [-0.4, -0.2) is 23.7 Å². The van der Waals surface area contributed by atoms with Crippen LogP contribution in [0.3, 0.4) is 0 Å². The zero-order valence-electron chi connectivity index (χ0n) is 11.9. The van der Waals surface area contributed by atoms with Crippen LogP contribution in [0.2, 0.25) is 20.2 Å². The van der Waals surface area contributed by atoms with Crippen LogP contribution in [0.25, 0.3) is 0 Å². The maximum atomic E-state index is 12.3. The predicted molar refractivity (Wildman–Crippen MR) is 90.2 cm³/mol. The number of benzene rings is 1. The van der Waals surface area contributed by atoms with Gasteiger partial charge in [-0.15, -0.1) is 0 Å². The van der Waals surface area contributed by atoms with Crippen LogP contribution in [0.5, 0.6) is 5.75 Å². The maximum absolute atomic E-state index is 12.3. The summed E-state index contributed by atoms with van der Waals surface area (Å²) in [6.07, 6.45) is -4.53. The number of hydrogen-bond acceptors (Lipinski definition) is 3. The zero-order valence-corrected chi connectivity index (χ0v) is 14.9. The van der Waals surface area contributed by atoms with Gasteiger partial charge < -0.3 is 10.1 Å². The molecule has 11 heteroatoms. The number of aromatic nitrogens is 1. The molecule has 0 saturated heterocycles. The van der Waals surface area contributed by atoms with Gasteiger partial charge in [-0.25, -0.2) is 4.98 Å². The molecule has 1 heterocycles. The zero-order chi connectivity index (χ0) is 18.8. The van der Waals surface area contributed by atoms with Crippen molar-refractivity contribution in [3.8, 4) is 5.75 Å². The van der Waals surface area contributed by atoms with E-state index in [1.807, 2.05) is 0 Å². The third-order valence-corrected chi connectivity index (χ3v) is 4.40. The first-order valence-corrected chi connectivity index (χ1v) is 7.91. The van der Waals surface area contributed by atoms with Crippen LogP contribution in [-0.2, 0) is 0 Å². The van der Waals surface area contributed by atoms with Crippen molar-refractivity contribution < 1.29 is 22.7 Å². The van der Waals surface area contributed by atoms with Crippen molar-refractivity contribution in [1.29, 1.82) is 0 Å². The molecule has 0 aliphatic heterocycles. The number of amides is 1. The molecule has 0 aliphatic rings. The Hall–Kier alpha value is -1.41. The second-order valence-electron chi connectivity index (χ2n) is 4.55. The Balaban J connectivity index is 2.28. The molecule has 0 bridgehead atoms. The fourth-order valence-electron chi connectivity index (χ4n) is 1.67. The topological polar surface area (TPSA) is 51.2 Å². The second-order valence-corrected chi connectivity index (χ2v) is 6.04. The van der Waals surface area contributed by atoms with Gasteiger partial charge in [-0.1, -0.05) is 58.5 Å². The number of rotatable bonds is 4. The number of ether oxygens (including phenoxy) is 1. The number of carbonyl (C=O) groups excluding carboxylic acids is 1. The molecular formula is C14H7Cl4F3N2O2. The summed E-state index contributed by atoms with van der Waals surface area (Å²) in [4.78, 5) is 16.0. The van der Waals surface area contributed by atoms with Crippen LogP contribution in [0.15, 0.2) is 24.3 Å². The van der Waals surface area contributed by atoms with Gasteiger partial charge >= 0.3 is 6.18 Å². The van der Waals surface area contributed by atoms with Gasteiger partial charge in [0.05, 0.1) is 20.8 Å². The Labute approximate surface area is 159 Å². The highest BCUT2D eigenvalue weighted by molar-refractivity contribution is 6.52. The van der Waals surface area contributed by atoms with E-state index in [4.69, 9.17) is 46.4 Å². The van der Waals surface area contributed by atoms with E-state index in [1.54, 1.807) is 0 Å². The van der Waals surface area contributed by atoms with Gasteiger partial charge in [0.2, 0.25) is 0 Å². The van der Waals surface area contributed by atoms with Crippen LogP contribution in [0, 0.1) is 0 Å². The summed E-state index contributed by atoms with van der Waals surface area (Å²) in [5, 5.41) is 1.55. The number of halogens is 7. The summed E-state index contributed by atoms with van der Waals surface area (Å²) in [5.74, 6) is -1.04. The van der Waals surface area contributed by atoms with Gasteiger partial charge in [0.25, 0.3) is 5.91 Å². The molecule has 1 amide bonds. The number of pyridine rings is 1. The van der Waals surface area contributed by atoms with E-state index in [-0.39, 0.29) is 37.4 Å². The molecule has 0 spiro atoms. The Morgan fingerprint density at radius 2 is 1.72 bits per heavy atom. The third-order valence-electron chi connectivity index (χ3n) is 2.73. The first kappa shape index (κ1) is 19.9. The minimum absolute atomic E-state index is 0.0168. The van der Waals surface area contributed by atoms with Crippen molar-refractivity contribution in [1.82, 2.24) is 4.98 Å². The van der Waals surface area contributed by atoms with Gasteiger partial charge in [-0.05, 0) is 12.1 Å². The standard InChI is InChI=1S/C14H7Cl4F3N2O2/c15-8-9(16)11(23-12(18)10(8)17)13(24)22-6-3-1-2-4-7(6)25-5-14(19,20)21/h1-4H,5H2,(H,22,24). The quantitative estimate of drug-likeness (QED) is 0.611. The average Bonchev–Trinajstić information content (AvgIpc) is 2.54. The predicted octanol–water partition coefficient (Wildman–Crippen LogP) is 5.89. The van der Waals surface area contributed by atoms with E-state index in [1.165, 1.54) is 24.3 Å². The molecule has 25 heavy (non-hydrogen) atoms. The molecule has 0 unspecified atom stereocenters. The molecule has 2 rings (SSSR count). The Bertz CT molecular complexity index is 815. The van der Waals surface area contributed by atoms with Crippen molar-refractivity contribution in [3.05, 3.63) is 50.2 Å². The third kappa shape index (κ3) is 5.04. The molecule has 134 valence electrons. The second kappa shape index (κ2) is 7.86. The summed E-state index contributed by atoms with van der Waals surface area (Å²) in [6.45, 7) is -1.52. The summed E-state index contributed by atoms with van der Waals surface area (Å²) >= 11 is 23.3. The number of hydrogen-bond donors (Lipinski definition) is 1. The highest BCUT2D eigenvalue weighted by Crippen LogP contribution is 2.36. The monoisotopic (exact) mass is 432 g/mol. The maximum Gasteiger partial charge on any atom is 0.422 e. The lowest BCUT2D eigenvalue weighted by Crippen LogP contribution is -2.20. The van der Waals surface area contributed by atoms with Gasteiger partial charge in [0.1, 0.15) is 16.6 Å². The molecule has 1 aromatic carbocycles. The van der Waals surface area contributed by atoms with Gasteiger partial charge in [-0.2, -0.15) is 13.2 Å². The molecule has 0 radical (unpaired) electrons. The van der Waals surface area contributed by atoms with Crippen LogP contribution < -0.4 is 10.1 Å². The van der Waals surface area contributed by atoms with E-state index in [0.717, 1.165) is 0 Å². The van der Waals surface area contributed by atoms with Crippen LogP contribution >= 0.6 is 46.4 Å². The summed E-state index contributed by atoms with van der Waals surface area (Å²) in [7, 11) is 0.